The summed E-state index contributed by atoms with van der Waals surface area (Å²) in [6.45, 7) is 1.38. The molecule has 28 heavy (non-hydrogen) atoms. The largest absolute Gasteiger partial charge is 0.477 e. The van der Waals surface area contributed by atoms with Crippen molar-refractivity contribution in [3.05, 3.63) is 63.2 Å². The number of nitrogens with zero attached hydrogens (tertiary/aromatic N) is 3. The SMILES string of the molecule is O=C(O)c1cn(-c2ccc(Cl)cc2)c2nc(N3CCCCC3)c(F)cc2c1=O. The molecule has 144 valence electrons. The van der Waals surface area contributed by atoms with Crippen LogP contribution in [-0.2, 0) is 0 Å². The molecule has 1 aliphatic heterocycles. The number of aromatic nitrogens is 2. The van der Waals surface area contributed by atoms with Crippen molar-refractivity contribution in [2.45, 2.75) is 19.3 Å². The Morgan fingerprint density at radius 1 is 1.14 bits per heavy atom. The fourth-order valence-corrected chi connectivity index (χ4v) is 3.62. The minimum absolute atomic E-state index is 0.0758. The van der Waals surface area contributed by atoms with Crippen LogP contribution in [0.5, 0.6) is 0 Å². The minimum Gasteiger partial charge on any atom is -0.477 e. The molecule has 1 aliphatic rings. The normalized spacial score (nSPS) is 14.4. The van der Waals surface area contributed by atoms with Gasteiger partial charge in [-0.25, -0.2) is 14.2 Å². The number of halogens is 2. The molecular weight excluding hydrogens is 385 g/mol. The topological polar surface area (TPSA) is 75.4 Å². The molecule has 0 aliphatic carbocycles. The van der Waals surface area contributed by atoms with E-state index in [2.05, 4.69) is 4.98 Å². The molecule has 3 heterocycles. The van der Waals surface area contributed by atoms with Gasteiger partial charge in [-0.2, -0.15) is 0 Å². The second kappa shape index (κ2) is 7.24. The average molecular weight is 402 g/mol. The summed E-state index contributed by atoms with van der Waals surface area (Å²) < 4.78 is 16.3. The van der Waals surface area contributed by atoms with E-state index in [0.29, 0.717) is 23.8 Å². The van der Waals surface area contributed by atoms with E-state index in [-0.39, 0.29) is 16.9 Å². The van der Waals surface area contributed by atoms with Crippen molar-refractivity contribution >= 4 is 34.4 Å². The highest BCUT2D eigenvalue weighted by Gasteiger charge is 2.22. The van der Waals surface area contributed by atoms with E-state index in [1.807, 2.05) is 4.90 Å². The van der Waals surface area contributed by atoms with Crippen molar-refractivity contribution in [3.63, 3.8) is 0 Å². The number of aromatic carboxylic acids is 1. The molecule has 0 unspecified atom stereocenters. The Labute approximate surface area is 164 Å². The van der Waals surface area contributed by atoms with Crippen molar-refractivity contribution < 1.29 is 14.3 Å². The van der Waals surface area contributed by atoms with Crippen LogP contribution in [0.1, 0.15) is 29.6 Å². The van der Waals surface area contributed by atoms with E-state index in [1.54, 1.807) is 24.3 Å². The van der Waals surface area contributed by atoms with Gasteiger partial charge in [0, 0.05) is 30.0 Å². The first-order chi connectivity index (χ1) is 13.5. The van der Waals surface area contributed by atoms with Crippen LogP contribution < -0.4 is 10.3 Å². The molecule has 0 radical (unpaired) electrons. The van der Waals surface area contributed by atoms with E-state index in [9.17, 15) is 19.1 Å². The summed E-state index contributed by atoms with van der Waals surface area (Å²) in [6.07, 6.45) is 4.20. The highest BCUT2D eigenvalue weighted by atomic mass is 35.5. The van der Waals surface area contributed by atoms with Crippen molar-refractivity contribution in [3.8, 4) is 5.69 Å². The van der Waals surface area contributed by atoms with Crippen LogP contribution in [0.3, 0.4) is 0 Å². The van der Waals surface area contributed by atoms with E-state index in [0.717, 1.165) is 25.3 Å². The van der Waals surface area contributed by atoms with Gasteiger partial charge in [-0.3, -0.25) is 4.79 Å². The molecule has 8 heteroatoms. The van der Waals surface area contributed by atoms with Gasteiger partial charge in [-0.15, -0.1) is 0 Å². The van der Waals surface area contributed by atoms with Gasteiger partial charge >= 0.3 is 5.97 Å². The maximum atomic E-state index is 14.8. The molecule has 4 rings (SSSR count). The standard InChI is InChI=1S/C20H17ClFN3O3/c21-12-4-6-13(7-5-12)25-11-15(20(27)28)17(26)14-10-16(22)19(23-18(14)25)24-8-2-1-3-9-24/h4-7,10-11H,1-3,8-9H2,(H,27,28). The number of rotatable bonds is 3. The van der Waals surface area contributed by atoms with Crippen LogP contribution in [0.15, 0.2) is 41.3 Å². The third-order valence-electron chi connectivity index (χ3n) is 4.90. The fourth-order valence-electron chi connectivity index (χ4n) is 3.49. The molecule has 0 amide bonds. The Kier molecular flexibility index (Phi) is 4.77. The van der Waals surface area contributed by atoms with E-state index in [4.69, 9.17) is 11.6 Å². The lowest BCUT2D eigenvalue weighted by atomic mass is 10.1. The molecule has 0 atom stereocenters. The minimum atomic E-state index is -1.38. The predicted octanol–water partition coefficient (Wildman–Crippen LogP) is 3.87. The number of carbonyl (C=O) groups is 1. The van der Waals surface area contributed by atoms with Crippen LogP contribution in [0, 0.1) is 5.82 Å². The summed E-state index contributed by atoms with van der Waals surface area (Å²) in [4.78, 5) is 30.5. The van der Waals surface area contributed by atoms with Gasteiger partial charge in [0.05, 0.1) is 5.39 Å². The van der Waals surface area contributed by atoms with Gasteiger partial charge in [0.25, 0.3) is 0 Å². The van der Waals surface area contributed by atoms with Crippen molar-refractivity contribution in [2.24, 2.45) is 0 Å². The van der Waals surface area contributed by atoms with Gasteiger partial charge in [0.15, 0.2) is 17.3 Å². The highest BCUT2D eigenvalue weighted by molar-refractivity contribution is 6.30. The van der Waals surface area contributed by atoms with Crippen LogP contribution in [0.4, 0.5) is 10.2 Å². The molecule has 0 spiro atoms. The average Bonchev–Trinajstić information content (AvgIpc) is 2.69. The second-order valence-electron chi connectivity index (χ2n) is 6.74. The van der Waals surface area contributed by atoms with E-state index < -0.39 is 22.8 Å². The molecule has 1 aromatic carbocycles. The number of pyridine rings is 2. The molecular formula is C20H17ClFN3O3. The van der Waals surface area contributed by atoms with Crippen LogP contribution in [0.2, 0.25) is 5.02 Å². The zero-order valence-corrected chi connectivity index (χ0v) is 15.6. The number of fused-ring (bicyclic) bond motifs is 1. The Morgan fingerprint density at radius 3 is 2.46 bits per heavy atom. The lowest BCUT2D eigenvalue weighted by Gasteiger charge is -2.28. The van der Waals surface area contributed by atoms with Gasteiger partial charge in [-0.1, -0.05) is 11.6 Å². The summed E-state index contributed by atoms with van der Waals surface area (Å²) >= 11 is 5.95. The van der Waals surface area contributed by atoms with Gasteiger partial charge < -0.3 is 14.6 Å². The summed E-state index contributed by atoms with van der Waals surface area (Å²) in [5.74, 6) is -1.83. The molecule has 0 saturated carbocycles. The first kappa shape index (κ1) is 18.4. The number of piperidine rings is 1. The molecule has 1 N–H and O–H groups in total. The number of carboxylic acid groups (broad SMARTS) is 1. The molecule has 1 fully saturated rings. The smallest absolute Gasteiger partial charge is 0.341 e. The number of benzene rings is 1. The fraction of sp³-hybridized carbons (Fsp3) is 0.250. The van der Waals surface area contributed by atoms with Crippen LogP contribution >= 0.6 is 11.6 Å². The van der Waals surface area contributed by atoms with E-state index >= 15 is 0 Å². The number of hydrogen-bond donors (Lipinski definition) is 1. The first-order valence-corrected chi connectivity index (χ1v) is 9.33. The van der Waals surface area contributed by atoms with Crippen LogP contribution in [0.25, 0.3) is 16.7 Å². The zero-order chi connectivity index (χ0) is 19.8. The highest BCUT2D eigenvalue weighted by Crippen LogP contribution is 2.26. The number of carboxylic acids is 1. The second-order valence-corrected chi connectivity index (χ2v) is 7.17. The quantitative estimate of drug-likeness (QED) is 0.721. The van der Waals surface area contributed by atoms with Crippen LogP contribution in [-0.4, -0.2) is 33.7 Å². The number of hydrogen-bond acceptors (Lipinski definition) is 4. The maximum absolute atomic E-state index is 14.8. The Balaban J connectivity index is 2.01. The monoisotopic (exact) mass is 401 g/mol. The van der Waals surface area contributed by atoms with E-state index in [1.165, 1.54) is 10.8 Å². The van der Waals surface area contributed by atoms with Gasteiger partial charge in [0.1, 0.15) is 5.56 Å². The lowest BCUT2D eigenvalue weighted by molar-refractivity contribution is 0.0695. The molecule has 6 nitrogen and oxygen atoms in total. The molecule has 2 aromatic heterocycles. The Bertz CT molecular complexity index is 1120. The molecule has 3 aromatic rings. The lowest BCUT2D eigenvalue weighted by Crippen LogP contribution is -2.31. The third kappa shape index (κ3) is 3.22. The van der Waals surface area contributed by atoms with Gasteiger partial charge in [0.2, 0.25) is 5.43 Å². The Morgan fingerprint density at radius 2 is 1.82 bits per heavy atom. The third-order valence-corrected chi connectivity index (χ3v) is 5.16. The molecule has 1 saturated heterocycles. The van der Waals surface area contributed by atoms with Crippen molar-refractivity contribution in [1.82, 2.24) is 9.55 Å². The summed E-state index contributed by atoms with van der Waals surface area (Å²) in [7, 11) is 0. The Hall–Kier alpha value is -2.93. The first-order valence-electron chi connectivity index (χ1n) is 8.96. The summed E-state index contributed by atoms with van der Waals surface area (Å²) in [6, 6.07) is 7.76. The summed E-state index contributed by atoms with van der Waals surface area (Å²) in [5, 5.41) is 9.85. The van der Waals surface area contributed by atoms with Gasteiger partial charge in [-0.05, 0) is 49.6 Å². The predicted molar refractivity (Wildman–Crippen MR) is 105 cm³/mol. The molecule has 0 bridgehead atoms. The number of anilines is 1. The maximum Gasteiger partial charge on any atom is 0.341 e. The van der Waals surface area contributed by atoms with Crippen molar-refractivity contribution in [1.29, 1.82) is 0 Å². The zero-order valence-electron chi connectivity index (χ0n) is 14.9. The van der Waals surface area contributed by atoms with Crippen molar-refractivity contribution in [2.75, 3.05) is 18.0 Å². The summed E-state index contributed by atoms with van der Waals surface area (Å²) in [5.41, 5.74) is -0.432.